The van der Waals surface area contributed by atoms with Gasteiger partial charge < -0.3 is 9.73 Å². The van der Waals surface area contributed by atoms with Crippen molar-refractivity contribution < 1.29 is 9.21 Å². The first-order chi connectivity index (χ1) is 15.2. The van der Waals surface area contributed by atoms with Gasteiger partial charge in [-0.15, -0.1) is 0 Å². The highest BCUT2D eigenvalue weighted by molar-refractivity contribution is 7.80. The van der Waals surface area contributed by atoms with Gasteiger partial charge >= 0.3 is 0 Å². The number of carbonyl (C=O) groups is 1. The highest BCUT2D eigenvalue weighted by atomic mass is 35.5. The van der Waals surface area contributed by atoms with Crippen LogP contribution in [0.2, 0.25) is 10.0 Å². The van der Waals surface area contributed by atoms with Gasteiger partial charge in [-0.1, -0.05) is 29.3 Å². The van der Waals surface area contributed by atoms with Crippen molar-refractivity contribution in [2.75, 3.05) is 5.32 Å². The maximum atomic E-state index is 12.5. The lowest BCUT2D eigenvalue weighted by molar-refractivity contribution is 0.0977. The molecule has 0 aliphatic heterocycles. The van der Waals surface area contributed by atoms with Crippen LogP contribution in [0.25, 0.3) is 22.6 Å². The van der Waals surface area contributed by atoms with Crippen LogP contribution in [0, 0.1) is 20.8 Å². The van der Waals surface area contributed by atoms with Crippen molar-refractivity contribution >= 4 is 63.2 Å². The van der Waals surface area contributed by atoms with Crippen LogP contribution in [0.15, 0.2) is 52.9 Å². The van der Waals surface area contributed by atoms with Crippen molar-refractivity contribution in [3.8, 4) is 11.5 Å². The number of benzene rings is 3. The van der Waals surface area contributed by atoms with Crippen molar-refractivity contribution in [3.05, 3.63) is 80.8 Å². The summed E-state index contributed by atoms with van der Waals surface area (Å²) in [4.78, 5) is 17.1. The molecule has 1 heterocycles. The quantitative estimate of drug-likeness (QED) is 0.311. The number of carbonyl (C=O) groups excluding carboxylic acids is 1. The number of aryl methyl sites for hydroxylation is 3. The van der Waals surface area contributed by atoms with Crippen LogP contribution >= 0.6 is 35.4 Å². The molecule has 32 heavy (non-hydrogen) atoms. The Balaban J connectivity index is 1.54. The molecule has 162 valence electrons. The largest absolute Gasteiger partial charge is 0.436 e. The second-order valence-corrected chi connectivity index (χ2v) is 8.71. The van der Waals surface area contributed by atoms with Gasteiger partial charge in [-0.05, 0) is 92.1 Å². The topological polar surface area (TPSA) is 67.2 Å². The Morgan fingerprint density at radius 2 is 1.69 bits per heavy atom. The van der Waals surface area contributed by atoms with Gasteiger partial charge in [0.1, 0.15) is 5.52 Å². The van der Waals surface area contributed by atoms with E-state index in [1.54, 1.807) is 12.1 Å². The van der Waals surface area contributed by atoms with E-state index >= 15 is 0 Å². The summed E-state index contributed by atoms with van der Waals surface area (Å²) >= 11 is 17.2. The summed E-state index contributed by atoms with van der Waals surface area (Å²) in [5.41, 5.74) is 6.68. The molecular weight excluding hydrogens is 465 g/mol. The molecule has 0 atom stereocenters. The molecule has 1 amide bonds. The molecule has 8 heteroatoms. The monoisotopic (exact) mass is 483 g/mol. The summed E-state index contributed by atoms with van der Waals surface area (Å²) < 4.78 is 5.97. The summed E-state index contributed by atoms with van der Waals surface area (Å²) in [6.07, 6.45) is 0. The smallest absolute Gasteiger partial charge is 0.257 e. The van der Waals surface area contributed by atoms with E-state index in [-0.39, 0.29) is 11.0 Å². The van der Waals surface area contributed by atoms with E-state index < -0.39 is 0 Å². The molecule has 0 bridgehead atoms. The third kappa shape index (κ3) is 4.63. The summed E-state index contributed by atoms with van der Waals surface area (Å²) in [5, 5.41) is 6.55. The average molecular weight is 484 g/mol. The van der Waals surface area contributed by atoms with Gasteiger partial charge in [0.25, 0.3) is 5.91 Å². The molecule has 0 saturated carbocycles. The molecule has 0 radical (unpaired) electrons. The Morgan fingerprint density at radius 1 is 0.938 bits per heavy atom. The fourth-order valence-corrected chi connectivity index (χ4v) is 3.66. The predicted molar refractivity (Wildman–Crippen MR) is 134 cm³/mol. The molecule has 0 aliphatic rings. The van der Waals surface area contributed by atoms with Crippen LogP contribution in [0.5, 0.6) is 0 Å². The van der Waals surface area contributed by atoms with Crippen molar-refractivity contribution in [1.82, 2.24) is 10.3 Å². The van der Waals surface area contributed by atoms with Gasteiger partial charge in [0.15, 0.2) is 10.7 Å². The zero-order valence-electron chi connectivity index (χ0n) is 17.5. The molecule has 4 aromatic rings. The number of anilines is 1. The maximum absolute atomic E-state index is 12.5. The fourth-order valence-electron chi connectivity index (χ4n) is 3.16. The van der Waals surface area contributed by atoms with Gasteiger partial charge in [-0.2, -0.15) is 0 Å². The zero-order chi connectivity index (χ0) is 23.0. The van der Waals surface area contributed by atoms with E-state index in [0.29, 0.717) is 21.5 Å². The Bertz CT molecular complexity index is 1340. The fraction of sp³-hybridized carbons (Fsp3) is 0.125. The first-order valence-electron chi connectivity index (χ1n) is 9.77. The van der Waals surface area contributed by atoms with Crippen LogP contribution in [-0.4, -0.2) is 16.0 Å². The molecule has 0 saturated heterocycles. The second kappa shape index (κ2) is 8.90. The lowest BCUT2D eigenvalue weighted by atomic mass is 10.1. The Kier molecular flexibility index (Phi) is 6.20. The van der Waals surface area contributed by atoms with Crippen molar-refractivity contribution in [1.29, 1.82) is 0 Å². The van der Waals surface area contributed by atoms with Crippen LogP contribution in [-0.2, 0) is 0 Å². The van der Waals surface area contributed by atoms with Gasteiger partial charge in [0.2, 0.25) is 5.89 Å². The van der Waals surface area contributed by atoms with E-state index in [4.69, 9.17) is 39.8 Å². The first kappa shape index (κ1) is 22.3. The number of fused-ring (bicyclic) bond motifs is 1. The molecule has 3 aromatic carbocycles. The summed E-state index contributed by atoms with van der Waals surface area (Å²) in [6.45, 7) is 6.02. The Hall–Kier alpha value is -2.93. The van der Waals surface area contributed by atoms with Gasteiger partial charge in [-0.25, -0.2) is 4.98 Å². The standard InChI is InChI=1S/C24H19Cl2N3O2S/c1-12-4-5-16(23-27-20-8-13(2)14(3)9-21(20)31-23)11-19(12)28-24(32)29-22(30)15-6-7-17(25)18(26)10-15/h4-11H,1-3H3,(H2,28,29,30,32). The molecule has 0 aliphatic carbocycles. The Labute approximate surface area is 200 Å². The van der Waals surface area contributed by atoms with Crippen LogP contribution in [0.3, 0.4) is 0 Å². The molecule has 0 fully saturated rings. The number of hydrogen-bond donors (Lipinski definition) is 2. The number of aromatic nitrogens is 1. The lowest BCUT2D eigenvalue weighted by Crippen LogP contribution is -2.34. The molecular formula is C24H19Cl2N3O2S. The van der Waals surface area contributed by atoms with E-state index in [2.05, 4.69) is 15.6 Å². The average Bonchev–Trinajstić information content (AvgIpc) is 3.14. The van der Waals surface area contributed by atoms with Gasteiger partial charge in [0, 0.05) is 16.8 Å². The zero-order valence-corrected chi connectivity index (χ0v) is 19.9. The van der Waals surface area contributed by atoms with Crippen molar-refractivity contribution in [3.63, 3.8) is 0 Å². The van der Waals surface area contributed by atoms with Gasteiger partial charge in [-0.3, -0.25) is 10.1 Å². The van der Waals surface area contributed by atoms with E-state index in [1.807, 2.05) is 51.1 Å². The van der Waals surface area contributed by atoms with Crippen LogP contribution < -0.4 is 10.6 Å². The number of thiocarbonyl (C=S) groups is 1. The SMILES string of the molecule is Cc1cc2nc(-c3ccc(C)c(NC(=S)NC(=O)c4ccc(Cl)c(Cl)c4)c3)oc2cc1C. The summed E-state index contributed by atoms with van der Waals surface area (Å²) in [5.74, 6) is 0.123. The molecule has 5 nitrogen and oxygen atoms in total. The van der Waals surface area contributed by atoms with Crippen molar-refractivity contribution in [2.24, 2.45) is 0 Å². The molecule has 0 unspecified atom stereocenters. The minimum Gasteiger partial charge on any atom is -0.436 e. The van der Waals surface area contributed by atoms with Gasteiger partial charge in [0.05, 0.1) is 10.0 Å². The minimum absolute atomic E-state index is 0.158. The minimum atomic E-state index is -0.389. The second-order valence-electron chi connectivity index (χ2n) is 7.49. The Morgan fingerprint density at radius 3 is 2.44 bits per heavy atom. The molecule has 4 rings (SSSR count). The third-order valence-corrected chi connectivity index (χ3v) is 6.09. The van der Waals surface area contributed by atoms with E-state index in [9.17, 15) is 4.79 Å². The van der Waals surface area contributed by atoms with E-state index in [1.165, 1.54) is 6.07 Å². The number of nitrogens with one attached hydrogen (secondary N) is 2. The van der Waals surface area contributed by atoms with Crippen molar-refractivity contribution in [2.45, 2.75) is 20.8 Å². The number of nitrogens with zero attached hydrogens (tertiary/aromatic N) is 1. The number of hydrogen-bond acceptors (Lipinski definition) is 4. The molecule has 1 aromatic heterocycles. The number of amides is 1. The van der Waals surface area contributed by atoms with Crippen LogP contribution in [0.4, 0.5) is 5.69 Å². The normalized spacial score (nSPS) is 10.9. The maximum Gasteiger partial charge on any atom is 0.257 e. The highest BCUT2D eigenvalue weighted by Gasteiger charge is 2.14. The highest BCUT2D eigenvalue weighted by Crippen LogP contribution is 2.29. The lowest BCUT2D eigenvalue weighted by Gasteiger charge is -2.13. The summed E-state index contributed by atoms with van der Waals surface area (Å²) in [7, 11) is 0. The number of rotatable bonds is 3. The third-order valence-electron chi connectivity index (χ3n) is 5.15. The molecule has 2 N–H and O–H groups in total. The number of halogens is 2. The number of oxazole rings is 1. The van der Waals surface area contributed by atoms with E-state index in [0.717, 1.165) is 39.0 Å². The first-order valence-corrected chi connectivity index (χ1v) is 10.9. The molecule has 0 spiro atoms. The predicted octanol–water partition coefficient (Wildman–Crippen LogP) is 6.85. The van der Waals surface area contributed by atoms with Crippen LogP contribution in [0.1, 0.15) is 27.0 Å². The summed E-state index contributed by atoms with van der Waals surface area (Å²) in [6, 6.07) is 14.4.